The Morgan fingerprint density at radius 3 is 2.38 bits per heavy atom. The fraction of sp³-hybridized carbons (Fsp3) is 0.0556. The van der Waals surface area contributed by atoms with E-state index in [0.717, 1.165) is 22.8 Å². The first-order valence-corrected chi connectivity index (χ1v) is 7.59. The first-order valence-electron chi connectivity index (χ1n) is 6.71. The number of benzene rings is 2. The Balaban J connectivity index is 1.69. The van der Waals surface area contributed by atoms with Gasteiger partial charge in [-0.1, -0.05) is 24.3 Å². The highest BCUT2D eigenvalue weighted by Crippen LogP contribution is 2.28. The Morgan fingerprint density at radius 2 is 1.71 bits per heavy atom. The summed E-state index contributed by atoms with van der Waals surface area (Å²) in [5.74, 6) is 1.54. The first-order chi connectivity index (χ1) is 10.3. The molecule has 1 heterocycles. The van der Waals surface area contributed by atoms with Crippen LogP contribution in [-0.4, -0.2) is 5.78 Å². The number of carbonyl (C=O) groups is 1. The van der Waals surface area contributed by atoms with Gasteiger partial charge in [-0.2, -0.15) is 0 Å². The molecule has 1 aliphatic heterocycles. The average molecular weight is 294 g/mol. The van der Waals surface area contributed by atoms with Gasteiger partial charge in [0, 0.05) is 5.56 Å². The van der Waals surface area contributed by atoms with E-state index in [1.807, 2.05) is 47.9 Å². The van der Waals surface area contributed by atoms with Crippen molar-refractivity contribution in [2.24, 2.45) is 0 Å². The molecule has 2 nitrogen and oxygen atoms in total. The molecule has 0 saturated carbocycles. The van der Waals surface area contributed by atoms with Crippen molar-refractivity contribution in [1.82, 2.24) is 0 Å². The third-order valence-electron chi connectivity index (χ3n) is 3.04. The van der Waals surface area contributed by atoms with Crippen molar-refractivity contribution >= 4 is 17.5 Å². The number of ketones is 1. The number of thioether (sulfide) groups is 1. The summed E-state index contributed by atoms with van der Waals surface area (Å²) in [7, 11) is 0. The lowest BCUT2D eigenvalue weighted by Gasteiger charge is -2.05. The molecule has 0 radical (unpaired) electrons. The van der Waals surface area contributed by atoms with Gasteiger partial charge in [-0.05, 0) is 59.2 Å². The van der Waals surface area contributed by atoms with E-state index in [2.05, 4.69) is 6.08 Å². The Kier molecular flexibility index (Phi) is 4.22. The van der Waals surface area contributed by atoms with Crippen LogP contribution in [0.2, 0.25) is 0 Å². The highest BCUT2D eigenvalue weighted by atomic mass is 32.2. The summed E-state index contributed by atoms with van der Waals surface area (Å²) in [5.41, 5.74) is 0.676. The van der Waals surface area contributed by atoms with Gasteiger partial charge in [0.25, 0.3) is 0 Å². The molecule has 0 amide bonds. The van der Waals surface area contributed by atoms with E-state index in [-0.39, 0.29) is 5.78 Å². The quantitative estimate of drug-likeness (QED) is 0.573. The smallest absolute Gasteiger partial charge is 0.186 e. The molecule has 2 aromatic carbocycles. The van der Waals surface area contributed by atoms with E-state index in [1.54, 1.807) is 30.0 Å². The lowest BCUT2D eigenvalue weighted by atomic mass is 10.1. The lowest BCUT2D eigenvalue weighted by molar-refractivity contribution is 0.104. The maximum Gasteiger partial charge on any atom is 0.186 e. The van der Waals surface area contributed by atoms with Crippen LogP contribution >= 0.6 is 11.8 Å². The van der Waals surface area contributed by atoms with Crippen LogP contribution in [0, 0.1) is 0 Å². The van der Waals surface area contributed by atoms with E-state index in [0.29, 0.717) is 5.56 Å². The minimum Gasteiger partial charge on any atom is -0.457 e. The Morgan fingerprint density at radius 1 is 1.00 bits per heavy atom. The molecule has 1 aliphatic rings. The van der Waals surface area contributed by atoms with Crippen molar-refractivity contribution in [3.63, 3.8) is 0 Å². The lowest BCUT2D eigenvalue weighted by Crippen LogP contribution is -1.95. The normalized spacial score (nSPS) is 15.3. The summed E-state index contributed by atoms with van der Waals surface area (Å²) >= 11 is 1.61. The monoisotopic (exact) mass is 294 g/mol. The molecular weight excluding hydrogens is 280 g/mol. The van der Waals surface area contributed by atoms with E-state index < -0.39 is 0 Å². The number of para-hydroxylation sites is 1. The fourth-order valence-corrected chi connectivity index (χ4v) is 2.72. The third-order valence-corrected chi connectivity index (χ3v) is 3.96. The minimum absolute atomic E-state index is 0.0347. The fourth-order valence-electron chi connectivity index (χ4n) is 1.98. The molecule has 0 bridgehead atoms. The predicted octanol–water partition coefficient (Wildman–Crippen LogP) is 5.20. The van der Waals surface area contributed by atoms with Crippen molar-refractivity contribution in [2.75, 3.05) is 0 Å². The number of rotatable bonds is 4. The highest BCUT2D eigenvalue weighted by Gasteiger charge is 2.07. The van der Waals surface area contributed by atoms with Crippen LogP contribution in [0.5, 0.6) is 11.5 Å². The molecule has 3 rings (SSSR count). The van der Waals surface area contributed by atoms with Gasteiger partial charge < -0.3 is 4.74 Å². The van der Waals surface area contributed by atoms with Crippen molar-refractivity contribution in [3.8, 4) is 11.5 Å². The van der Waals surface area contributed by atoms with Gasteiger partial charge in [-0.15, -0.1) is 11.8 Å². The van der Waals surface area contributed by atoms with Crippen LogP contribution in [0.4, 0.5) is 0 Å². The minimum atomic E-state index is 0.0347. The SMILES string of the molecule is O=C(C=C1CC=CS1)c1ccc(Oc2ccccc2)cc1. The standard InChI is InChI=1S/C18H14O2S/c19-18(13-17-7-4-12-21-17)14-8-10-16(11-9-14)20-15-5-2-1-3-6-15/h1-6,8-13H,7H2. The van der Waals surface area contributed by atoms with Crippen LogP contribution in [-0.2, 0) is 0 Å². The number of hydrogen-bond acceptors (Lipinski definition) is 3. The largest absolute Gasteiger partial charge is 0.457 e. The Labute approximate surface area is 128 Å². The topological polar surface area (TPSA) is 26.3 Å². The van der Waals surface area contributed by atoms with Crippen LogP contribution in [0.25, 0.3) is 0 Å². The van der Waals surface area contributed by atoms with Crippen LogP contribution < -0.4 is 4.74 Å². The second kappa shape index (κ2) is 6.46. The van der Waals surface area contributed by atoms with Crippen molar-refractivity contribution < 1.29 is 9.53 Å². The number of hydrogen-bond donors (Lipinski definition) is 0. The third kappa shape index (κ3) is 3.64. The first kappa shape index (κ1) is 13.7. The van der Waals surface area contributed by atoms with Gasteiger partial charge in [0.05, 0.1) is 0 Å². The van der Waals surface area contributed by atoms with Gasteiger partial charge in [0.2, 0.25) is 0 Å². The predicted molar refractivity (Wildman–Crippen MR) is 86.7 cm³/mol. The number of carbonyl (C=O) groups excluding carboxylic acids is 1. The summed E-state index contributed by atoms with van der Waals surface area (Å²) < 4.78 is 5.71. The average Bonchev–Trinajstić information content (AvgIpc) is 3.02. The summed E-state index contributed by atoms with van der Waals surface area (Å²) in [6.45, 7) is 0. The van der Waals surface area contributed by atoms with Crippen LogP contribution in [0.1, 0.15) is 16.8 Å². The Hall–Kier alpha value is -2.26. The van der Waals surface area contributed by atoms with Crippen molar-refractivity contribution in [1.29, 1.82) is 0 Å². The maximum atomic E-state index is 12.1. The van der Waals surface area contributed by atoms with Gasteiger partial charge in [0.1, 0.15) is 11.5 Å². The molecule has 0 saturated heterocycles. The molecule has 0 aromatic heterocycles. The summed E-state index contributed by atoms with van der Waals surface area (Å²) in [6, 6.07) is 16.8. The van der Waals surface area contributed by atoms with Gasteiger partial charge >= 0.3 is 0 Å². The zero-order chi connectivity index (χ0) is 14.5. The van der Waals surface area contributed by atoms with Crippen LogP contribution in [0.15, 0.2) is 77.1 Å². The molecule has 0 atom stereocenters. The van der Waals surface area contributed by atoms with E-state index in [4.69, 9.17) is 4.74 Å². The van der Waals surface area contributed by atoms with Crippen molar-refractivity contribution in [3.05, 3.63) is 82.6 Å². The molecule has 0 aliphatic carbocycles. The molecule has 21 heavy (non-hydrogen) atoms. The zero-order valence-electron chi connectivity index (χ0n) is 11.4. The Bertz CT molecular complexity index is 675. The van der Waals surface area contributed by atoms with Gasteiger partial charge in [-0.3, -0.25) is 4.79 Å². The molecule has 3 heteroatoms. The molecule has 2 aromatic rings. The van der Waals surface area contributed by atoms with Gasteiger partial charge in [0.15, 0.2) is 5.78 Å². The molecule has 0 N–H and O–H groups in total. The molecule has 0 spiro atoms. The maximum absolute atomic E-state index is 12.1. The summed E-state index contributed by atoms with van der Waals surface area (Å²) in [4.78, 5) is 13.2. The summed E-state index contributed by atoms with van der Waals surface area (Å²) in [6.07, 6.45) is 4.61. The highest BCUT2D eigenvalue weighted by molar-refractivity contribution is 8.06. The van der Waals surface area contributed by atoms with E-state index in [1.165, 1.54) is 0 Å². The number of allylic oxidation sites excluding steroid dienone is 3. The summed E-state index contributed by atoms with van der Waals surface area (Å²) in [5, 5.41) is 2.01. The second-order valence-electron chi connectivity index (χ2n) is 4.61. The van der Waals surface area contributed by atoms with Gasteiger partial charge in [-0.25, -0.2) is 0 Å². The molecule has 104 valence electrons. The molecule has 0 fully saturated rings. The van der Waals surface area contributed by atoms with Crippen molar-refractivity contribution in [2.45, 2.75) is 6.42 Å². The van der Waals surface area contributed by atoms with E-state index >= 15 is 0 Å². The van der Waals surface area contributed by atoms with E-state index in [9.17, 15) is 4.79 Å². The zero-order valence-corrected chi connectivity index (χ0v) is 12.2. The molecule has 0 unspecified atom stereocenters. The molecular formula is C18H14O2S. The second-order valence-corrected chi connectivity index (χ2v) is 5.64. The number of ether oxygens (including phenoxy) is 1. The van der Waals surface area contributed by atoms with Crippen LogP contribution in [0.3, 0.4) is 0 Å².